The van der Waals surface area contributed by atoms with Gasteiger partial charge in [-0.2, -0.15) is 4.37 Å². The van der Waals surface area contributed by atoms with E-state index >= 15 is 0 Å². The van der Waals surface area contributed by atoms with Crippen molar-refractivity contribution in [2.75, 3.05) is 11.3 Å². The standard InChI is InChI=1S/C20H20F2N4O2S2/c21-16-11-19(30(27,28)25-20-23-13-24-29-20)17(22)10-15(16)12-26-9-5-4-8-18(26)14-6-2-1-3-7-14/h1-3,6-7,10-11,13,18H,4-5,8-9,12H2,(H,23,24,25). The highest BCUT2D eigenvalue weighted by molar-refractivity contribution is 7.93. The third kappa shape index (κ3) is 4.50. The average Bonchev–Trinajstić information content (AvgIpc) is 3.23. The van der Waals surface area contributed by atoms with Gasteiger partial charge in [-0.25, -0.2) is 22.2 Å². The van der Waals surface area contributed by atoms with Crippen molar-refractivity contribution in [1.29, 1.82) is 0 Å². The van der Waals surface area contributed by atoms with Gasteiger partial charge in [-0.15, -0.1) is 0 Å². The summed E-state index contributed by atoms with van der Waals surface area (Å²) in [4.78, 5) is 5.07. The molecule has 0 amide bonds. The number of anilines is 1. The molecule has 1 aliphatic rings. The molecule has 1 aliphatic heterocycles. The molecule has 3 aromatic rings. The lowest BCUT2D eigenvalue weighted by Crippen LogP contribution is -2.33. The molecule has 10 heteroatoms. The van der Waals surface area contributed by atoms with Crippen LogP contribution in [-0.4, -0.2) is 29.2 Å². The molecule has 158 valence electrons. The summed E-state index contributed by atoms with van der Waals surface area (Å²) < 4.78 is 60.1. The van der Waals surface area contributed by atoms with Crippen LogP contribution in [0.2, 0.25) is 0 Å². The summed E-state index contributed by atoms with van der Waals surface area (Å²) in [5, 5.41) is -0.0158. The molecule has 6 nitrogen and oxygen atoms in total. The van der Waals surface area contributed by atoms with Gasteiger partial charge >= 0.3 is 0 Å². The SMILES string of the molecule is O=S(=O)(Nc1ncns1)c1cc(F)c(CN2CCCCC2c2ccccc2)cc1F. The molecule has 0 bridgehead atoms. The summed E-state index contributed by atoms with van der Waals surface area (Å²) in [7, 11) is -4.31. The molecule has 1 aromatic heterocycles. The van der Waals surface area contributed by atoms with Crippen LogP contribution in [0.25, 0.3) is 0 Å². The predicted molar refractivity (Wildman–Crippen MR) is 111 cm³/mol. The lowest BCUT2D eigenvalue weighted by atomic mass is 9.94. The molecule has 1 atom stereocenters. The first-order valence-electron chi connectivity index (χ1n) is 9.50. The monoisotopic (exact) mass is 450 g/mol. The van der Waals surface area contributed by atoms with Crippen LogP contribution in [0.15, 0.2) is 53.7 Å². The van der Waals surface area contributed by atoms with E-state index < -0.39 is 26.6 Å². The van der Waals surface area contributed by atoms with E-state index in [0.29, 0.717) is 0 Å². The van der Waals surface area contributed by atoms with Gasteiger partial charge in [-0.1, -0.05) is 36.8 Å². The first-order valence-corrected chi connectivity index (χ1v) is 11.8. The zero-order chi connectivity index (χ0) is 21.1. The van der Waals surface area contributed by atoms with Gasteiger partial charge in [0.15, 0.2) is 0 Å². The van der Waals surface area contributed by atoms with Gasteiger partial charge in [0, 0.05) is 29.7 Å². The number of nitrogens with zero attached hydrogens (tertiary/aromatic N) is 3. The van der Waals surface area contributed by atoms with Crippen LogP contribution < -0.4 is 4.72 Å². The highest BCUT2D eigenvalue weighted by Crippen LogP contribution is 2.33. The summed E-state index contributed by atoms with van der Waals surface area (Å²) in [6, 6.07) is 11.8. The second-order valence-corrected chi connectivity index (χ2v) is 9.55. The van der Waals surface area contributed by atoms with Crippen molar-refractivity contribution >= 4 is 26.7 Å². The molecule has 1 fully saturated rings. The maximum Gasteiger partial charge on any atom is 0.266 e. The Morgan fingerprint density at radius 3 is 2.67 bits per heavy atom. The van der Waals surface area contributed by atoms with Gasteiger partial charge in [-0.3, -0.25) is 9.62 Å². The van der Waals surface area contributed by atoms with Crippen LogP contribution in [0.3, 0.4) is 0 Å². The molecule has 1 N–H and O–H groups in total. The third-order valence-corrected chi connectivity index (χ3v) is 7.21. The third-order valence-electron chi connectivity index (χ3n) is 5.14. The topological polar surface area (TPSA) is 75.2 Å². The molecule has 2 heterocycles. The first kappa shape index (κ1) is 20.8. The van der Waals surface area contributed by atoms with Gasteiger partial charge in [0.1, 0.15) is 22.9 Å². The average molecular weight is 451 g/mol. The quantitative estimate of drug-likeness (QED) is 0.605. The number of rotatable bonds is 6. The number of halogens is 2. The summed E-state index contributed by atoms with van der Waals surface area (Å²) in [6.07, 6.45) is 4.16. The van der Waals surface area contributed by atoms with Crippen molar-refractivity contribution < 1.29 is 17.2 Å². The van der Waals surface area contributed by atoms with Gasteiger partial charge in [0.05, 0.1) is 0 Å². The largest absolute Gasteiger partial charge is 0.292 e. The fourth-order valence-electron chi connectivity index (χ4n) is 3.74. The smallest absolute Gasteiger partial charge is 0.266 e. The maximum absolute atomic E-state index is 14.8. The summed E-state index contributed by atoms with van der Waals surface area (Å²) in [5.74, 6) is -1.76. The molecule has 4 rings (SSSR count). The lowest BCUT2D eigenvalue weighted by molar-refractivity contribution is 0.138. The van der Waals surface area contributed by atoms with Crippen molar-refractivity contribution in [3.05, 3.63) is 71.6 Å². The maximum atomic E-state index is 14.8. The van der Waals surface area contributed by atoms with Crippen molar-refractivity contribution in [2.45, 2.75) is 36.7 Å². The molecular weight excluding hydrogens is 430 g/mol. The molecule has 1 saturated heterocycles. The number of likely N-dealkylation sites (tertiary alicyclic amines) is 1. The van der Waals surface area contributed by atoms with Crippen LogP contribution >= 0.6 is 11.5 Å². The molecule has 0 saturated carbocycles. The highest BCUT2D eigenvalue weighted by Gasteiger charge is 2.27. The van der Waals surface area contributed by atoms with Crippen LogP contribution in [0.1, 0.15) is 36.4 Å². The second-order valence-electron chi connectivity index (χ2n) is 7.12. The number of hydrogen-bond donors (Lipinski definition) is 1. The summed E-state index contributed by atoms with van der Waals surface area (Å²) in [6.45, 7) is 0.964. The van der Waals surface area contributed by atoms with Crippen molar-refractivity contribution in [2.24, 2.45) is 0 Å². The van der Waals surface area contributed by atoms with Gasteiger partial charge in [0.2, 0.25) is 5.13 Å². The lowest BCUT2D eigenvalue weighted by Gasteiger charge is -2.36. The van der Waals surface area contributed by atoms with Gasteiger partial charge in [-0.05, 0) is 37.1 Å². The van der Waals surface area contributed by atoms with E-state index in [2.05, 4.69) is 19.0 Å². The Bertz CT molecular complexity index is 1110. The van der Waals surface area contributed by atoms with E-state index in [1.54, 1.807) is 0 Å². The van der Waals surface area contributed by atoms with E-state index in [1.165, 1.54) is 6.33 Å². The summed E-state index contributed by atoms with van der Waals surface area (Å²) in [5.41, 5.74) is 1.27. The van der Waals surface area contributed by atoms with Crippen molar-refractivity contribution in [1.82, 2.24) is 14.3 Å². The zero-order valence-corrected chi connectivity index (χ0v) is 17.6. The van der Waals surface area contributed by atoms with E-state index in [1.807, 2.05) is 30.3 Å². The Morgan fingerprint density at radius 1 is 1.13 bits per heavy atom. The fraction of sp³-hybridized carbons (Fsp3) is 0.300. The van der Waals surface area contributed by atoms with Crippen LogP contribution in [0.4, 0.5) is 13.9 Å². The van der Waals surface area contributed by atoms with E-state index in [9.17, 15) is 17.2 Å². The molecule has 0 aliphatic carbocycles. The van der Waals surface area contributed by atoms with E-state index in [-0.39, 0.29) is 23.3 Å². The highest BCUT2D eigenvalue weighted by atomic mass is 32.2. The molecule has 0 radical (unpaired) electrons. The summed E-state index contributed by atoms with van der Waals surface area (Å²) >= 11 is 0.805. The minimum atomic E-state index is -4.31. The van der Waals surface area contributed by atoms with Crippen molar-refractivity contribution in [3.8, 4) is 0 Å². The Balaban J connectivity index is 1.58. The molecule has 1 unspecified atom stereocenters. The molecule has 2 aromatic carbocycles. The number of benzene rings is 2. The number of aromatic nitrogens is 2. The first-order chi connectivity index (χ1) is 14.4. The minimum absolute atomic E-state index is 0.0158. The predicted octanol–water partition coefficient (Wildman–Crippen LogP) is 4.34. The molecule has 0 spiro atoms. The number of nitrogens with one attached hydrogen (secondary N) is 1. The van der Waals surface area contributed by atoms with Crippen molar-refractivity contribution in [3.63, 3.8) is 0 Å². The van der Waals surface area contributed by atoms with Crippen LogP contribution in [0, 0.1) is 11.6 Å². The van der Waals surface area contributed by atoms with Gasteiger partial charge < -0.3 is 0 Å². The Labute approximate surface area is 177 Å². The van der Waals surface area contributed by atoms with E-state index in [0.717, 1.165) is 55.0 Å². The Kier molecular flexibility index (Phi) is 6.07. The normalized spacial score (nSPS) is 17.7. The Hall–Kier alpha value is -2.43. The number of hydrogen-bond acceptors (Lipinski definition) is 6. The zero-order valence-electron chi connectivity index (χ0n) is 16.0. The second kappa shape index (κ2) is 8.75. The number of sulfonamides is 1. The Morgan fingerprint density at radius 2 is 1.93 bits per heavy atom. The number of piperidine rings is 1. The van der Waals surface area contributed by atoms with Gasteiger partial charge in [0.25, 0.3) is 10.0 Å². The minimum Gasteiger partial charge on any atom is -0.292 e. The molecule has 30 heavy (non-hydrogen) atoms. The van der Waals surface area contributed by atoms with E-state index in [4.69, 9.17) is 0 Å². The fourth-order valence-corrected chi connectivity index (χ4v) is 5.47. The molecular formula is C20H20F2N4O2S2. The van der Waals surface area contributed by atoms with Crippen LogP contribution in [0.5, 0.6) is 0 Å². The van der Waals surface area contributed by atoms with Crippen LogP contribution in [-0.2, 0) is 16.6 Å².